The van der Waals surface area contributed by atoms with Gasteiger partial charge in [-0.2, -0.15) is 18.3 Å². The lowest BCUT2D eigenvalue weighted by Crippen LogP contribution is -2.46. The van der Waals surface area contributed by atoms with Crippen molar-refractivity contribution in [2.45, 2.75) is 45.5 Å². The van der Waals surface area contributed by atoms with Gasteiger partial charge in [-0.15, -0.1) is 0 Å². The fraction of sp³-hybridized carbons (Fsp3) is 0.421. The second-order valence-corrected chi connectivity index (χ2v) is 7.33. The molecule has 1 amide bonds. The molecule has 0 aliphatic carbocycles. The van der Waals surface area contributed by atoms with E-state index in [4.69, 9.17) is 9.47 Å². The third-order valence-electron chi connectivity index (χ3n) is 3.68. The quantitative estimate of drug-likeness (QED) is 0.760. The molecule has 0 aliphatic rings. The van der Waals surface area contributed by atoms with Crippen LogP contribution in [0.1, 0.15) is 43.7 Å². The van der Waals surface area contributed by atoms with Gasteiger partial charge in [0.2, 0.25) is 5.69 Å². The molecule has 2 aromatic rings. The Labute approximate surface area is 165 Å². The number of rotatable bonds is 5. The molecule has 1 aromatic carbocycles. The number of hydrogen-bond donors (Lipinski definition) is 1. The monoisotopic (exact) mass is 413 g/mol. The Morgan fingerprint density at radius 3 is 2.41 bits per heavy atom. The van der Waals surface area contributed by atoms with E-state index in [0.29, 0.717) is 0 Å². The predicted molar refractivity (Wildman–Crippen MR) is 97.9 cm³/mol. The highest BCUT2D eigenvalue weighted by atomic mass is 19.4. The molecule has 1 atom stereocenters. The van der Waals surface area contributed by atoms with E-state index in [1.807, 2.05) is 0 Å². The SMILES string of the molecule is COc1cn(-c2cccc(C(F)(F)F)c2)nc1C(=O)O[C@@H](C)C(=O)NC(C)(C)C. The number of benzene rings is 1. The zero-order valence-electron chi connectivity index (χ0n) is 16.6. The van der Waals surface area contributed by atoms with Crippen LogP contribution in [0.2, 0.25) is 0 Å². The molecule has 10 heteroatoms. The lowest BCUT2D eigenvalue weighted by molar-refractivity contribution is -0.137. The van der Waals surface area contributed by atoms with E-state index in [9.17, 15) is 22.8 Å². The van der Waals surface area contributed by atoms with E-state index in [1.54, 1.807) is 20.8 Å². The van der Waals surface area contributed by atoms with Crippen LogP contribution in [0.4, 0.5) is 13.2 Å². The molecule has 1 N–H and O–H groups in total. The van der Waals surface area contributed by atoms with Crippen LogP contribution in [-0.4, -0.2) is 40.4 Å². The molecule has 158 valence electrons. The highest BCUT2D eigenvalue weighted by molar-refractivity contribution is 5.93. The summed E-state index contributed by atoms with van der Waals surface area (Å²) in [6.45, 7) is 6.73. The fourth-order valence-electron chi connectivity index (χ4n) is 2.35. The van der Waals surface area contributed by atoms with E-state index in [-0.39, 0.29) is 17.1 Å². The minimum absolute atomic E-state index is 0.00385. The number of amides is 1. The maximum atomic E-state index is 12.9. The minimum Gasteiger partial charge on any atom is -0.493 e. The van der Waals surface area contributed by atoms with Gasteiger partial charge in [-0.05, 0) is 45.9 Å². The van der Waals surface area contributed by atoms with Gasteiger partial charge < -0.3 is 14.8 Å². The molecule has 0 saturated heterocycles. The Morgan fingerprint density at radius 1 is 1.21 bits per heavy atom. The molecule has 0 radical (unpaired) electrons. The Bertz CT molecular complexity index is 901. The van der Waals surface area contributed by atoms with Gasteiger partial charge in [-0.3, -0.25) is 4.79 Å². The molecule has 0 bridgehead atoms. The molecule has 1 aromatic heterocycles. The van der Waals surface area contributed by atoms with Crippen molar-refractivity contribution in [1.82, 2.24) is 15.1 Å². The summed E-state index contributed by atoms with van der Waals surface area (Å²) in [5.41, 5.74) is -1.56. The molecule has 29 heavy (non-hydrogen) atoms. The lowest BCUT2D eigenvalue weighted by Gasteiger charge is -2.23. The first kappa shape index (κ1) is 22.3. The first-order valence-electron chi connectivity index (χ1n) is 8.66. The van der Waals surface area contributed by atoms with Crippen molar-refractivity contribution in [2.24, 2.45) is 0 Å². The maximum Gasteiger partial charge on any atom is 0.416 e. The molecule has 0 spiro atoms. The van der Waals surface area contributed by atoms with Crippen LogP contribution in [0.5, 0.6) is 5.75 Å². The summed E-state index contributed by atoms with van der Waals surface area (Å²) in [5, 5.41) is 6.66. The lowest BCUT2D eigenvalue weighted by atomic mass is 10.1. The first-order valence-corrected chi connectivity index (χ1v) is 8.66. The fourth-order valence-corrected chi connectivity index (χ4v) is 2.35. The number of ether oxygens (including phenoxy) is 2. The average molecular weight is 413 g/mol. The molecular formula is C19H22F3N3O4. The normalized spacial score (nSPS) is 13.0. The number of methoxy groups -OCH3 is 1. The van der Waals surface area contributed by atoms with Crippen molar-refractivity contribution in [2.75, 3.05) is 7.11 Å². The summed E-state index contributed by atoms with van der Waals surface area (Å²) < 4.78 is 50.1. The number of carbonyl (C=O) groups excluding carboxylic acids is 2. The van der Waals surface area contributed by atoms with Crippen LogP contribution >= 0.6 is 0 Å². The number of esters is 1. The highest BCUT2D eigenvalue weighted by Gasteiger charge is 2.31. The number of halogens is 3. The van der Waals surface area contributed by atoms with Gasteiger partial charge in [0.05, 0.1) is 24.6 Å². The number of carbonyl (C=O) groups is 2. The van der Waals surface area contributed by atoms with Gasteiger partial charge in [0.15, 0.2) is 11.9 Å². The molecule has 0 fully saturated rings. The third kappa shape index (κ3) is 5.72. The summed E-state index contributed by atoms with van der Waals surface area (Å²) >= 11 is 0. The molecule has 2 rings (SSSR count). The van der Waals surface area contributed by atoms with E-state index in [2.05, 4.69) is 10.4 Å². The molecular weight excluding hydrogens is 391 g/mol. The van der Waals surface area contributed by atoms with E-state index in [0.717, 1.165) is 16.8 Å². The van der Waals surface area contributed by atoms with Crippen molar-refractivity contribution < 1.29 is 32.2 Å². The van der Waals surface area contributed by atoms with Gasteiger partial charge >= 0.3 is 12.1 Å². The van der Waals surface area contributed by atoms with Crippen molar-refractivity contribution >= 4 is 11.9 Å². The summed E-state index contributed by atoms with van der Waals surface area (Å²) in [5.74, 6) is -1.44. The molecule has 0 unspecified atom stereocenters. The number of nitrogens with one attached hydrogen (secondary N) is 1. The Hall–Kier alpha value is -3.04. The molecule has 0 saturated carbocycles. The largest absolute Gasteiger partial charge is 0.493 e. The number of alkyl halides is 3. The van der Waals surface area contributed by atoms with Gasteiger partial charge in [0.1, 0.15) is 0 Å². The maximum absolute atomic E-state index is 12.9. The smallest absolute Gasteiger partial charge is 0.416 e. The molecule has 1 heterocycles. The summed E-state index contributed by atoms with van der Waals surface area (Å²) in [6, 6.07) is 4.44. The topological polar surface area (TPSA) is 82.5 Å². The van der Waals surface area contributed by atoms with Gasteiger partial charge in [-0.1, -0.05) is 6.07 Å². The van der Waals surface area contributed by atoms with Gasteiger partial charge in [-0.25, -0.2) is 9.48 Å². The number of nitrogens with zero attached hydrogens (tertiary/aromatic N) is 2. The highest BCUT2D eigenvalue weighted by Crippen LogP contribution is 2.31. The first-order chi connectivity index (χ1) is 13.3. The van der Waals surface area contributed by atoms with Crippen LogP contribution < -0.4 is 10.1 Å². The van der Waals surface area contributed by atoms with Crippen molar-refractivity contribution in [3.05, 3.63) is 41.7 Å². The van der Waals surface area contributed by atoms with E-state index >= 15 is 0 Å². The molecule has 0 aliphatic heterocycles. The van der Waals surface area contributed by atoms with Gasteiger partial charge in [0, 0.05) is 5.54 Å². The Balaban J connectivity index is 2.26. The van der Waals surface area contributed by atoms with Crippen LogP contribution in [-0.2, 0) is 15.7 Å². The van der Waals surface area contributed by atoms with Crippen LogP contribution in [0.25, 0.3) is 5.69 Å². The van der Waals surface area contributed by atoms with E-state index < -0.39 is 35.3 Å². The van der Waals surface area contributed by atoms with Crippen molar-refractivity contribution in [3.8, 4) is 11.4 Å². The number of aromatic nitrogens is 2. The zero-order chi connectivity index (χ0) is 22.0. The van der Waals surface area contributed by atoms with Crippen molar-refractivity contribution in [3.63, 3.8) is 0 Å². The standard InChI is InChI=1S/C19H22F3N3O4/c1-11(16(26)23-18(2,3)4)29-17(27)15-14(28-5)10-25(24-15)13-8-6-7-12(9-13)19(20,21)22/h6-11H,1-5H3,(H,23,26)/t11-/m0/s1. The van der Waals surface area contributed by atoms with Gasteiger partial charge in [0.25, 0.3) is 5.91 Å². The predicted octanol–water partition coefficient (Wildman–Crippen LogP) is 3.36. The zero-order valence-corrected chi connectivity index (χ0v) is 16.6. The summed E-state index contributed by atoms with van der Waals surface area (Å²) in [7, 11) is 1.28. The van der Waals surface area contributed by atoms with Crippen LogP contribution in [0.3, 0.4) is 0 Å². The second kappa shape index (κ2) is 8.14. The van der Waals surface area contributed by atoms with Crippen LogP contribution in [0.15, 0.2) is 30.5 Å². The Morgan fingerprint density at radius 2 is 1.86 bits per heavy atom. The number of hydrogen-bond acceptors (Lipinski definition) is 5. The summed E-state index contributed by atoms with van der Waals surface area (Å²) in [4.78, 5) is 24.5. The van der Waals surface area contributed by atoms with Crippen LogP contribution in [0, 0.1) is 0 Å². The average Bonchev–Trinajstić information content (AvgIpc) is 3.04. The third-order valence-corrected chi connectivity index (χ3v) is 3.68. The van der Waals surface area contributed by atoms with E-state index in [1.165, 1.54) is 32.4 Å². The minimum atomic E-state index is -4.52. The Kier molecular flexibility index (Phi) is 6.24. The second-order valence-electron chi connectivity index (χ2n) is 7.33. The summed E-state index contributed by atoms with van der Waals surface area (Å²) in [6.07, 6.45) is -4.37. The molecule has 7 nitrogen and oxygen atoms in total. The van der Waals surface area contributed by atoms with Crippen molar-refractivity contribution in [1.29, 1.82) is 0 Å².